The van der Waals surface area contributed by atoms with Crippen LogP contribution in [0.2, 0.25) is 0 Å². The molecular formula is C20H22O2. The van der Waals surface area contributed by atoms with Crippen LogP contribution in [0.1, 0.15) is 44.2 Å². The van der Waals surface area contributed by atoms with Crippen LogP contribution in [0.15, 0.2) is 48.5 Å². The van der Waals surface area contributed by atoms with E-state index in [1.165, 1.54) is 22.3 Å². The molecule has 1 aliphatic carbocycles. The van der Waals surface area contributed by atoms with E-state index in [1.54, 1.807) is 0 Å². The Kier molecular flexibility index (Phi) is 3.78. The molecule has 2 aromatic carbocycles. The van der Waals surface area contributed by atoms with E-state index in [1.807, 2.05) is 20.8 Å². The molecular weight excluding hydrogens is 272 g/mol. The number of benzene rings is 2. The highest BCUT2D eigenvalue weighted by Gasteiger charge is 2.32. The minimum absolute atomic E-state index is 0.114. The van der Waals surface area contributed by atoms with Crippen LogP contribution in [0, 0.1) is 5.41 Å². The lowest BCUT2D eigenvalue weighted by molar-refractivity contribution is -0.154. The molecule has 3 rings (SSSR count). The van der Waals surface area contributed by atoms with Gasteiger partial charge in [0.15, 0.2) is 0 Å². The SMILES string of the molecule is CCC(C)(C)C(=O)OCC1c2ccccc2-c2ccccc21. The second-order valence-corrected chi connectivity index (χ2v) is 6.56. The molecule has 0 amide bonds. The normalized spacial score (nSPS) is 13.6. The quantitative estimate of drug-likeness (QED) is 0.759. The fourth-order valence-electron chi connectivity index (χ4n) is 2.94. The molecule has 0 saturated carbocycles. The molecule has 0 aliphatic heterocycles. The highest BCUT2D eigenvalue weighted by Crippen LogP contribution is 2.44. The Hall–Kier alpha value is -2.09. The van der Waals surface area contributed by atoms with Crippen molar-refractivity contribution in [2.45, 2.75) is 33.1 Å². The number of hydrogen-bond donors (Lipinski definition) is 0. The van der Waals surface area contributed by atoms with Crippen LogP contribution >= 0.6 is 0 Å². The monoisotopic (exact) mass is 294 g/mol. The third-order valence-electron chi connectivity index (χ3n) is 4.78. The molecule has 1 aliphatic rings. The number of carbonyl (C=O) groups excluding carboxylic acids is 1. The molecule has 0 spiro atoms. The van der Waals surface area contributed by atoms with Gasteiger partial charge < -0.3 is 4.74 Å². The van der Waals surface area contributed by atoms with E-state index in [4.69, 9.17) is 4.74 Å². The summed E-state index contributed by atoms with van der Waals surface area (Å²) in [6.45, 7) is 6.30. The largest absolute Gasteiger partial charge is 0.464 e. The van der Waals surface area contributed by atoms with Crippen molar-refractivity contribution in [3.05, 3.63) is 59.7 Å². The Morgan fingerprint density at radius 2 is 1.50 bits per heavy atom. The van der Waals surface area contributed by atoms with E-state index in [-0.39, 0.29) is 11.9 Å². The van der Waals surface area contributed by atoms with E-state index in [2.05, 4.69) is 48.5 Å². The first kappa shape index (κ1) is 14.8. The Morgan fingerprint density at radius 1 is 1.00 bits per heavy atom. The van der Waals surface area contributed by atoms with Crippen molar-refractivity contribution in [2.75, 3.05) is 6.61 Å². The van der Waals surface area contributed by atoms with Crippen molar-refractivity contribution in [2.24, 2.45) is 5.41 Å². The highest BCUT2D eigenvalue weighted by atomic mass is 16.5. The van der Waals surface area contributed by atoms with Crippen LogP contribution in [0.5, 0.6) is 0 Å². The average Bonchev–Trinajstić information content (AvgIpc) is 2.87. The molecule has 0 saturated heterocycles. The van der Waals surface area contributed by atoms with E-state index < -0.39 is 5.41 Å². The topological polar surface area (TPSA) is 26.3 Å². The van der Waals surface area contributed by atoms with Gasteiger partial charge in [-0.05, 0) is 42.5 Å². The second kappa shape index (κ2) is 5.60. The highest BCUT2D eigenvalue weighted by molar-refractivity contribution is 5.79. The minimum Gasteiger partial charge on any atom is -0.464 e. The lowest BCUT2D eigenvalue weighted by atomic mass is 9.90. The van der Waals surface area contributed by atoms with Gasteiger partial charge in [0.25, 0.3) is 0 Å². The summed E-state index contributed by atoms with van der Waals surface area (Å²) in [7, 11) is 0. The number of hydrogen-bond acceptors (Lipinski definition) is 2. The van der Waals surface area contributed by atoms with Gasteiger partial charge in [-0.2, -0.15) is 0 Å². The molecule has 0 aromatic heterocycles. The number of fused-ring (bicyclic) bond motifs is 3. The smallest absolute Gasteiger partial charge is 0.311 e. The summed E-state index contributed by atoms with van der Waals surface area (Å²) in [6.07, 6.45) is 0.781. The Morgan fingerprint density at radius 3 is 2.00 bits per heavy atom. The zero-order valence-corrected chi connectivity index (χ0v) is 13.4. The van der Waals surface area contributed by atoms with E-state index in [9.17, 15) is 4.79 Å². The van der Waals surface area contributed by atoms with Gasteiger partial charge in [-0.1, -0.05) is 55.5 Å². The molecule has 0 bridgehead atoms. The first-order chi connectivity index (χ1) is 10.5. The van der Waals surface area contributed by atoms with E-state index >= 15 is 0 Å². The molecule has 0 heterocycles. The maximum atomic E-state index is 12.3. The number of ether oxygens (including phenoxy) is 1. The molecule has 114 valence electrons. The van der Waals surface area contributed by atoms with E-state index in [0.717, 1.165) is 6.42 Å². The van der Waals surface area contributed by atoms with Gasteiger partial charge in [0.05, 0.1) is 5.41 Å². The zero-order valence-electron chi connectivity index (χ0n) is 13.4. The summed E-state index contributed by atoms with van der Waals surface area (Å²) in [5.41, 5.74) is 4.61. The summed E-state index contributed by atoms with van der Waals surface area (Å²) in [4.78, 5) is 12.3. The van der Waals surface area contributed by atoms with Crippen LogP contribution < -0.4 is 0 Å². The van der Waals surface area contributed by atoms with Crippen molar-refractivity contribution < 1.29 is 9.53 Å². The summed E-state index contributed by atoms with van der Waals surface area (Å²) >= 11 is 0. The van der Waals surface area contributed by atoms with Gasteiger partial charge in [-0.15, -0.1) is 0 Å². The Labute approximate surface area is 132 Å². The molecule has 0 unspecified atom stereocenters. The van der Waals surface area contributed by atoms with Crippen molar-refractivity contribution >= 4 is 5.97 Å². The number of esters is 1. The van der Waals surface area contributed by atoms with Crippen LogP contribution in [0.3, 0.4) is 0 Å². The Bertz CT molecular complexity index is 655. The summed E-state index contributed by atoms with van der Waals surface area (Å²) < 4.78 is 5.66. The van der Waals surface area contributed by atoms with Gasteiger partial charge in [0, 0.05) is 5.92 Å². The first-order valence-electron chi connectivity index (χ1n) is 7.90. The third-order valence-corrected chi connectivity index (χ3v) is 4.78. The van der Waals surface area contributed by atoms with Crippen LogP contribution in [0.4, 0.5) is 0 Å². The summed E-state index contributed by atoms with van der Waals surface area (Å²) in [5, 5.41) is 0. The van der Waals surface area contributed by atoms with Gasteiger partial charge in [0.2, 0.25) is 0 Å². The van der Waals surface area contributed by atoms with Crippen LogP contribution in [-0.2, 0) is 9.53 Å². The van der Waals surface area contributed by atoms with Crippen LogP contribution in [-0.4, -0.2) is 12.6 Å². The maximum absolute atomic E-state index is 12.3. The van der Waals surface area contributed by atoms with Gasteiger partial charge in [0.1, 0.15) is 6.61 Å². The van der Waals surface area contributed by atoms with Gasteiger partial charge >= 0.3 is 5.97 Å². The molecule has 0 radical (unpaired) electrons. The van der Waals surface area contributed by atoms with Crippen molar-refractivity contribution in [1.82, 2.24) is 0 Å². The molecule has 0 N–H and O–H groups in total. The third kappa shape index (κ3) is 2.43. The molecule has 2 aromatic rings. The fourth-order valence-corrected chi connectivity index (χ4v) is 2.94. The number of rotatable bonds is 4. The Balaban J connectivity index is 1.87. The van der Waals surface area contributed by atoms with Gasteiger partial charge in [-0.25, -0.2) is 0 Å². The molecule has 2 heteroatoms. The second-order valence-electron chi connectivity index (χ2n) is 6.56. The molecule has 22 heavy (non-hydrogen) atoms. The standard InChI is InChI=1S/C20H22O2/c1-4-20(2,3)19(21)22-13-18-16-11-7-5-9-14(16)15-10-6-8-12-17(15)18/h5-12,18H,4,13H2,1-3H3. The lowest BCUT2D eigenvalue weighted by Gasteiger charge is -2.22. The first-order valence-corrected chi connectivity index (χ1v) is 7.90. The van der Waals surface area contributed by atoms with Gasteiger partial charge in [-0.3, -0.25) is 4.79 Å². The van der Waals surface area contributed by atoms with Crippen molar-refractivity contribution in [3.8, 4) is 11.1 Å². The molecule has 0 atom stereocenters. The zero-order chi connectivity index (χ0) is 15.7. The van der Waals surface area contributed by atoms with Crippen LogP contribution in [0.25, 0.3) is 11.1 Å². The van der Waals surface area contributed by atoms with Crippen molar-refractivity contribution in [3.63, 3.8) is 0 Å². The fraction of sp³-hybridized carbons (Fsp3) is 0.350. The molecule has 0 fully saturated rings. The minimum atomic E-state index is -0.419. The number of carbonyl (C=O) groups is 1. The maximum Gasteiger partial charge on any atom is 0.311 e. The van der Waals surface area contributed by atoms with Crippen molar-refractivity contribution in [1.29, 1.82) is 0 Å². The molecule has 2 nitrogen and oxygen atoms in total. The predicted octanol–water partition coefficient (Wildman–Crippen LogP) is 4.78. The summed E-state index contributed by atoms with van der Waals surface area (Å²) in [6, 6.07) is 16.8. The average molecular weight is 294 g/mol. The summed E-state index contributed by atoms with van der Waals surface area (Å²) in [5.74, 6) is 0.0286. The lowest BCUT2D eigenvalue weighted by Crippen LogP contribution is -2.27. The van der Waals surface area contributed by atoms with E-state index in [0.29, 0.717) is 6.61 Å². The predicted molar refractivity (Wildman–Crippen MR) is 88.8 cm³/mol.